The van der Waals surface area contributed by atoms with Crippen molar-refractivity contribution in [3.63, 3.8) is 0 Å². The van der Waals surface area contributed by atoms with Gasteiger partial charge in [-0.15, -0.1) is 0 Å². The number of hydrogen-bond acceptors (Lipinski definition) is 2. The van der Waals surface area contributed by atoms with Crippen LogP contribution in [0.4, 0.5) is 0 Å². The molecule has 2 nitrogen and oxygen atoms in total. The topological polar surface area (TPSA) is 15.3 Å². The van der Waals surface area contributed by atoms with Crippen LogP contribution in [0.5, 0.6) is 0 Å². The summed E-state index contributed by atoms with van der Waals surface area (Å²) in [5.41, 5.74) is 0.551. The minimum absolute atomic E-state index is 0.551. The molecule has 1 saturated heterocycles. The lowest BCUT2D eigenvalue weighted by molar-refractivity contribution is 0.0623. The SMILES string of the molecule is CC(C)CCCN1CCNCC12CCCC2. The monoisotopic (exact) mass is 224 g/mol. The molecule has 1 N–H and O–H groups in total. The maximum absolute atomic E-state index is 3.61. The van der Waals surface area contributed by atoms with Crippen molar-refractivity contribution in [3.05, 3.63) is 0 Å². The third-order valence-corrected chi connectivity index (χ3v) is 4.43. The Bertz CT molecular complexity index is 207. The van der Waals surface area contributed by atoms with Gasteiger partial charge in [0.15, 0.2) is 0 Å². The fourth-order valence-corrected chi connectivity index (χ4v) is 3.45. The molecule has 1 spiro atoms. The molecule has 2 heteroatoms. The molecule has 16 heavy (non-hydrogen) atoms. The van der Waals surface area contributed by atoms with Crippen molar-refractivity contribution in [2.45, 2.75) is 57.9 Å². The van der Waals surface area contributed by atoms with Gasteiger partial charge in [0.1, 0.15) is 0 Å². The lowest BCUT2D eigenvalue weighted by Crippen LogP contribution is -2.59. The van der Waals surface area contributed by atoms with E-state index in [0.717, 1.165) is 5.92 Å². The third kappa shape index (κ3) is 2.78. The lowest BCUT2D eigenvalue weighted by Gasteiger charge is -2.45. The van der Waals surface area contributed by atoms with E-state index < -0.39 is 0 Å². The number of hydrogen-bond donors (Lipinski definition) is 1. The molecule has 1 saturated carbocycles. The maximum atomic E-state index is 3.61. The summed E-state index contributed by atoms with van der Waals surface area (Å²) < 4.78 is 0. The molecule has 0 bridgehead atoms. The maximum Gasteiger partial charge on any atom is 0.0334 e. The highest BCUT2D eigenvalue weighted by Gasteiger charge is 2.40. The smallest absolute Gasteiger partial charge is 0.0334 e. The third-order valence-electron chi connectivity index (χ3n) is 4.43. The van der Waals surface area contributed by atoms with Crippen molar-refractivity contribution in [2.24, 2.45) is 5.92 Å². The first-order chi connectivity index (χ1) is 7.73. The summed E-state index contributed by atoms with van der Waals surface area (Å²) in [5, 5.41) is 3.61. The number of piperazine rings is 1. The summed E-state index contributed by atoms with van der Waals surface area (Å²) >= 11 is 0. The van der Waals surface area contributed by atoms with E-state index in [-0.39, 0.29) is 0 Å². The predicted octanol–water partition coefficient (Wildman–Crippen LogP) is 2.64. The summed E-state index contributed by atoms with van der Waals surface area (Å²) in [5.74, 6) is 0.863. The number of rotatable bonds is 4. The van der Waals surface area contributed by atoms with Crippen molar-refractivity contribution >= 4 is 0 Å². The van der Waals surface area contributed by atoms with Gasteiger partial charge in [0, 0.05) is 25.2 Å². The molecular formula is C14H28N2. The minimum Gasteiger partial charge on any atom is -0.314 e. The first-order valence-electron chi connectivity index (χ1n) is 7.19. The van der Waals surface area contributed by atoms with Crippen LogP contribution < -0.4 is 5.32 Å². The molecule has 2 fully saturated rings. The van der Waals surface area contributed by atoms with E-state index in [9.17, 15) is 0 Å². The molecule has 0 aromatic rings. The molecule has 0 aromatic carbocycles. The van der Waals surface area contributed by atoms with Crippen LogP contribution in [0.25, 0.3) is 0 Å². The van der Waals surface area contributed by atoms with Gasteiger partial charge >= 0.3 is 0 Å². The van der Waals surface area contributed by atoms with Gasteiger partial charge in [0.2, 0.25) is 0 Å². The molecule has 1 aliphatic heterocycles. The lowest BCUT2D eigenvalue weighted by atomic mass is 9.92. The van der Waals surface area contributed by atoms with Crippen LogP contribution in [0, 0.1) is 5.92 Å². The van der Waals surface area contributed by atoms with Gasteiger partial charge in [-0.2, -0.15) is 0 Å². The zero-order valence-electron chi connectivity index (χ0n) is 11.1. The van der Waals surface area contributed by atoms with E-state index in [2.05, 4.69) is 24.1 Å². The Morgan fingerprint density at radius 1 is 1.25 bits per heavy atom. The Morgan fingerprint density at radius 3 is 2.69 bits per heavy atom. The Labute approximate surface area is 101 Å². The second kappa shape index (κ2) is 5.50. The van der Waals surface area contributed by atoms with Gasteiger partial charge in [-0.25, -0.2) is 0 Å². The molecule has 2 rings (SSSR count). The van der Waals surface area contributed by atoms with Crippen LogP contribution in [0.1, 0.15) is 52.4 Å². The molecule has 0 amide bonds. The Balaban J connectivity index is 1.84. The van der Waals surface area contributed by atoms with Crippen LogP contribution in [0.15, 0.2) is 0 Å². The molecule has 94 valence electrons. The fraction of sp³-hybridized carbons (Fsp3) is 1.00. The molecular weight excluding hydrogens is 196 g/mol. The highest BCUT2D eigenvalue weighted by atomic mass is 15.3. The second-order valence-electron chi connectivity index (χ2n) is 6.13. The van der Waals surface area contributed by atoms with E-state index in [1.165, 1.54) is 64.7 Å². The molecule has 2 aliphatic rings. The van der Waals surface area contributed by atoms with Gasteiger partial charge in [0.25, 0.3) is 0 Å². The van der Waals surface area contributed by atoms with Gasteiger partial charge in [-0.1, -0.05) is 26.7 Å². The van der Waals surface area contributed by atoms with Crippen molar-refractivity contribution in [1.29, 1.82) is 0 Å². The van der Waals surface area contributed by atoms with E-state index in [4.69, 9.17) is 0 Å². The Hall–Kier alpha value is -0.0800. The zero-order chi connectivity index (χ0) is 11.4. The first kappa shape index (κ1) is 12.4. The van der Waals surface area contributed by atoms with Crippen LogP contribution in [-0.4, -0.2) is 36.6 Å². The minimum atomic E-state index is 0.551. The summed E-state index contributed by atoms with van der Waals surface area (Å²) in [6.45, 7) is 9.72. The molecule has 0 unspecified atom stereocenters. The van der Waals surface area contributed by atoms with Crippen LogP contribution in [-0.2, 0) is 0 Å². The van der Waals surface area contributed by atoms with Gasteiger partial charge in [-0.05, 0) is 38.1 Å². The highest BCUT2D eigenvalue weighted by molar-refractivity contribution is 4.99. The van der Waals surface area contributed by atoms with Crippen molar-refractivity contribution in [3.8, 4) is 0 Å². The van der Waals surface area contributed by atoms with E-state index in [1.807, 2.05) is 0 Å². The molecule has 0 radical (unpaired) electrons. The average molecular weight is 224 g/mol. The first-order valence-corrected chi connectivity index (χ1v) is 7.19. The molecule has 1 aliphatic carbocycles. The van der Waals surface area contributed by atoms with Crippen LogP contribution in [0.3, 0.4) is 0 Å². The summed E-state index contributed by atoms with van der Waals surface area (Å²) in [7, 11) is 0. The predicted molar refractivity (Wildman–Crippen MR) is 69.7 cm³/mol. The largest absolute Gasteiger partial charge is 0.314 e. The Kier molecular flexibility index (Phi) is 4.26. The van der Waals surface area contributed by atoms with Gasteiger partial charge < -0.3 is 5.32 Å². The van der Waals surface area contributed by atoms with Crippen molar-refractivity contribution in [1.82, 2.24) is 10.2 Å². The Morgan fingerprint density at radius 2 is 2.00 bits per heavy atom. The van der Waals surface area contributed by atoms with E-state index in [1.54, 1.807) is 0 Å². The number of nitrogens with one attached hydrogen (secondary N) is 1. The quantitative estimate of drug-likeness (QED) is 0.790. The standard InChI is InChI=1S/C14H28N2/c1-13(2)6-5-10-16-11-9-15-12-14(16)7-3-4-8-14/h13,15H,3-12H2,1-2H3. The fourth-order valence-electron chi connectivity index (χ4n) is 3.45. The van der Waals surface area contributed by atoms with Crippen molar-refractivity contribution in [2.75, 3.05) is 26.2 Å². The summed E-state index contributed by atoms with van der Waals surface area (Å²) in [6.07, 6.45) is 8.54. The van der Waals surface area contributed by atoms with Crippen LogP contribution in [0.2, 0.25) is 0 Å². The summed E-state index contributed by atoms with van der Waals surface area (Å²) in [6, 6.07) is 0. The van der Waals surface area contributed by atoms with Gasteiger partial charge in [0.05, 0.1) is 0 Å². The van der Waals surface area contributed by atoms with E-state index >= 15 is 0 Å². The molecule has 0 aromatic heterocycles. The normalized spacial score (nSPS) is 25.7. The van der Waals surface area contributed by atoms with Crippen molar-refractivity contribution < 1.29 is 0 Å². The molecule has 0 atom stereocenters. The number of nitrogens with zero attached hydrogens (tertiary/aromatic N) is 1. The highest BCUT2D eigenvalue weighted by Crippen LogP contribution is 2.36. The second-order valence-corrected chi connectivity index (χ2v) is 6.13. The zero-order valence-corrected chi connectivity index (χ0v) is 11.1. The average Bonchev–Trinajstić information content (AvgIpc) is 2.70. The molecule has 1 heterocycles. The van der Waals surface area contributed by atoms with Crippen LogP contribution >= 0.6 is 0 Å². The van der Waals surface area contributed by atoms with Gasteiger partial charge in [-0.3, -0.25) is 4.90 Å². The summed E-state index contributed by atoms with van der Waals surface area (Å²) in [4.78, 5) is 2.80. The van der Waals surface area contributed by atoms with E-state index in [0.29, 0.717) is 5.54 Å².